The van der Waals surface area contributed by atoms with E-state index in [4.69, 9.17) is 9.47 Å². The van der Waals surface area contributed by atoms with Gasteiger partial charge in [0.25, 0.3) is 0 Å². The van der Waals surface area contributed by atoms with Gasteiger partial charge in [0.15, 0.2) is 0 Å². The average Bonchev–Trinajstić information content (AvgIpc) is 3.04. The fourth-order valence-electron chi connectivity index (χ4n) is 3.09. The molecule has 1 fully saturated rings. The average molecular weight is 413 g/mol. The van der Waals surface area contributed by atoms with Crippen LogP contribution in [0.4, 0.5) is 0 Å². The smallest absolute Gasteiger partial charge is 0.314 e. The van der Waals surface area contributed by atoms with Gasteiger partial charge in [0.2, 0.25) is 11.0 Å². The maximum absolute atomic E-state index is 12.2. The van der Waals surface area contributed by atoms with Gasteiger partial charge in [0.1, 0.15) is 17.9 Å². The van der Waals surface area contributed by atoms with Crippen LogP contribution in [0.15, 0.2) is 54.6 Å². The van der Waals surface area contributed by atoms with E-state index in [1.165, 1.54) is 4.31 Å². The van der Waals surface area contributed by atoms with E-state index in [-0.39, 0.29) is 30.1 Å². The minimum absolute atomic E-state index is 0.0822. The molecule has 29 heavy (non-hydrogen) atoms. The Balaban J connectivity index is 1.57. The molecule has 3 rings (SSSR count). The second kappa shape index (κ2) is 10.1. The van der Waals surface area contributed by atoms with Crippen molar-refractivity contribution >= 4 is 28.9 Å². The SMILES string of the molecule is CCOC(=O)CC(=O)SN1C(=O)CC[C@@H]1Cc1ccc(Oc2ccccc2)cc1. The van der Waals surface area contributed by atoms with Crippen molar-refractivity contribution in [1.29, 1.82) is 0 Å². The lowest BCUT2D eigenvalue weighted by Gasteiger charge is -2.22. The number of rotatable bonds is 8. The van der Waals surface area contributed by atoms with Gasteiger partial charge in [0.05, 0.1) is 6.61 Å². The minimum atomic E-state index is -0.567. The standard InChI is InChI=1S/C22H23NO5S/c1-2-27-21(25)15-22(26)29-23-17(10-13-20(23)24)14-16-8-11-19(12-9-16)28-18-6-4-3-5-7-18/h3-9,11-12,17H,2,10,13-15H2,1H3/t17-/m1/s1. The molecule has 0 aliphatic carbocycles. The number of ether oxygens (including phenoxy) is 2. The van der Waals surface area contributed by atoms with E-state index in [2.05, 4.69) is 0 Å². The Morgan fingerprint density at radius 2 is 1.76 bits per heavy atom. The molecule has 1 atom stereocenters. The first kappa shape index (κ1) is 20.9. The van der Waals surface area contributed by atoms with Crippen LogP contribution in [0.25, 0.3) is 0 Å². The van der Waals surface area contributed by atoms with Crippen LogP contribution in [0.5, 0.6) is 11.5 Å². The summed E-state index contributed by atoms with van der Waals surface area (Å²) in [5.74, 6) is 0.853. The number of carbonyl (C=O) groups excluding carboxylic acids is 3. The van der Waals surface area contributed by atoms with Gasteiger partial charge < -0.3 is 9.47 Å². The normalized spacial score (nSPS) is 16.0. The second-order valence-electron chi connectivity index (χ2n) is 6.62. The summed E-state index contributed by atoms with van der Waals surface area (Å²) < 4.78 is 12.1. The van der Waals surface area contributed by atoms with E-state index in [1.807, 2.05) is 54.6 Å². The minimum Gasteiger partial charge on any atom is -0.466 e. The maximum Gasteiger partial charge on any atom is 0.314 e. The Kier molecular flexibility index (Phi) is 7.30. The number of hydrogen-bond donors (Lipinski definition) is 0. The fourth-order valence-corrected chi connectivity index (χ4v) is 4.02. The Bertz CT molecular complexity index is 853. The van der Waals surface area contributed by atoms with Crippen LogP contribution in [-0.2, 0) is 25.5 Å². The molecule has 1 heterocycles. The third-order valence-corrected chi connectivity index (χ3v) is 5.48. The van der Waals surface area contributed by atoms with Crippen molar-refractivity contribution in [2.75, 3.05) is 6.61 Å². The molecular formula is C22H23NO5S. The van der Waals surface area contributed by atoms with Gasteiger partial charge in [-0.1, -0.05) is 30.3 Å². The predicted molar refractivity (Wildman–Crippen MR) is 110 cm³/mol. The Morgan fingerprint density at radius 3 is 2.45 bits per heavy atom. The molecule has 152 valence electrons. The van der Waals surface area contributed by atoms with E-state index in [1.54, 1.807) is 6.92 Å². The Hall–Kier alpha value is -2.80. The lowest BCUT2D eigenvalue weighted by molar-refractivity contribution is -0.144. The number of amides is 1. The van der Waals surface area contributed by atoms with Crippen molar-refractivity contribution in [2.45, 2.75) is 38.6 Å². The van der Waals surface area contributed by atoms with E-state index in [9.17, 15) is 14.4 Å². The van der Waals surface area contributed by atoms with Crippen molar-refractivity contribution in [2.24, 2.45) is 0 Å². The first-order valence-electron chi connectivity index (χ1n) is 9.55. The number of benzene rings is 2. The Labute approximate surface area is 174 Å². The van der Waals surface area contributed by atoms with Gasteiger partial charge in [0, 0.05) is 24.4 Å². The molecule has 0 N–H and O–H groups in total. The van der Waals surface area contributed by atoms with Gasteiger partial charge in [-0.3, -0.25) is 18.7 Å². The molecule has 0 spiro atoms. The topological polar surface area (TPSA) is 72.9 Å². The number of carbonyl (C=O) groups is 3. The molecule has 6 nitrogen and oxygen atoms in total. The molecule has 1 amide bonds. The summed E-state index contributed by atoms with van der Waals surface area (Å²) in [6, 6.07) is 17.2. The molecule has 0 radical (unpaired) electrons. The van der Waals surface area contributed by atoms with Crippen LogP contribution in [-0.4, -0.2) is 33.9 Å². The van der Waals surface area contributed by atoms with Crippen molar-refractivity contribution < 1.29 is 23.9 Å². The van der Waals surface area contributed by atoms with Crippen molar-refractivity contribution in [3.63, 3.8) is 0 Å². The molecule has 0 saturated carbocycles. The number of hydrogen-bond acceptors (Lipinski definition) is 6. The summed E-state index contributed by atoms with van der Waals surface area (Å²) in [6.07, 6.45) is 1.39. The molecule has 1 aliphatic heterocycles. The molecule has 0 bridgehead atoms. The monoisotopic (exact) mass is 413 g/mol. The molecule has 0 aromatic heterocycles. The van der Waals surface area contributed by atoms with Crippen LogP contribution < -0.4 is 4.74 Å². The molecule has 2 aromatic rings. The number of nitrogens with zero attached hydrogens (tertiary/aromatic N) is 1. The van der Waals surface area contributed by atoms with Gasteiger partial charge >= 0.3 is 5.97 Å². The Morgan fingerprint density at radius 1 is 1.07 bits per heavy atom. The number of para-hydroxylation sites is 1. The van der Waals surface area contributed by atoms with Crippen molar-refractivity contribution in [3.05, 3.63) is 60.2 Å². The van der Waals surface area contributed by atoms with Gasteiger partial charge in [-0.15, -0.1) is 0 Å². The zero-order valence-electron chi connectivity index (χ0n) is 16.2. The van der Waals surface area contributed by atoms with Gasteiger partial charge in [-0.2, -0.15) is 0 Å². The second-order valence-corrected chi connectivity index (χ2v) is 7.65. The zero-order valence-corrected chi connectivity index (χ0v) is 17.0. The van der Waals surface area contributed by atoms with E-state index in [0.29, 0.717) is 19.3 Å². The van der Waals surface area contributed by atoms with Crippen LogP contribution in [0.1, 0.15) is 31.7 Å². The van der Waals surface area contributed by atoms with Gasteiger partial charge in [-0.05, 0) is 49.6 Å². The van der Waals surface area contributed by atoms with Gasteiger partial charge in [-0.25, -0.2) is 0 Å². The van der Waals surface area contributed by atoms with Crippen LogP contribution >= 0.6 is 11.9 Å². The van der Waals surface area contributed by atoms with E-state index < -0.39 is 5.97 Å². The zero-order chi connectivity index (χ0) is 20.6. The largest absolute Gasteiger partial charge is 0.466 e. The van der Waals surface area contributed by atoms with Crippen LogP contribution in [0.3, 0.4) is 0 Å². The molecule has 7 heteroatoms. The summed E-state index contributed by atoms with van der Waals surface area (Å²) in [6.45, 7) is 1.91. The summed E-state index contributed by atoms with van der Waals surface area (Å²) in [7, 11) is 0. The lowest BCUT2D eigenvalue weighted by atomic mass is 10.0. The highest BCUT2D eigenvalue weighted by Crippen LogP contribution is 2.31. The molecule has 2 aromatic carbocycles. The third-order valence-electron chi connectivity index (χ3n) is 4.44. The first-order chi connectivity index (χ1) is 14.0. The number of esters is 1. The van der Waals surface area contributed by atoms with Crippen molar-refractivity contribution in [1.82, 2.24) is 4.31 Å². The first-order valence-corrected chi connectivity index (χ1v) is 10.3. The van der Waals surface area contributed by atoms with Crippen LogP contribution in [0, 0.1) is 0 Å². The quantitative estimate of drug-likeness (QED) is 0.368. The molecule has 0 unspecified atom stereocenters. The summed E-state index contributed by atoms with van der Waals surface area (Å²) in [4.78, 5) is 35.8. The molecular weight excluding hydrogens is 390 g/mol. The molecule has 1 saturated heterocycles. The third kappa shape index (κ3) is 6.09. The highest BCUT2D eigenvalue weighted by molar-refractivity contribution is 8.12. The summed E-state index contributed by atoms with van der Waals surface area (Å²) >= 11 is 0.821. The maximum atomic E-state index is 12.2. The summed E-state index contributed by atoms with van der Waals surface area (Å²) in [5, 5.41) is -0.379. The van der Waals surface area contributed by atoms with E-state index in [0.717, 1.165) is 29.0 Å². The predicted octanol–water partition coefficient (Wildman–Crippen LogP) is 4.14. The van der Waals surface area contributed by atoms with E-state index >= 15 is 0 Å². The fraction of sp³-hybridized carbons (Fsp3) is 0.318. The highest BCUT2D eigenvalue weighted by Gasteiger charge is 2.33. The molecule has 1 aliphatic rings. The van der Waals surface area contributed by atoms with Crippen LogP contribution in [0.2, 0.25) is 0 Å². The summed E-state index contributed by atoms with van der Waals surface area (Å²) in [5.41, 5.74) is 1.05. The highest BCUT2D eigenvalue weighted by atomic mass is 32.2. The van der Waals surface area contributed by atoms with Crippen molar-refractivity contribution in [3.8, 4) is 11.5 Å². The lowest BCUT2D eigenvalue weighted by Crippen LogP contribution is -2.30.